The van der Waals surface area contributed by atoms with Crippen LogP contribution in [0.4, 0.5) is 0 Å². The van der Waals surface area contributed by atoms with Crippen molar-refractivity contribution in [2.24, 2.45) is 5.92 Å². The van der Waals surface area contributed by atoms with Gasteiger partial charge in [-0.2, -0.15) is 0 Å². The Labute approximate surface area is 138 Å². The summed E-state index contributed by atoms with van der Waals surface area (Å²) in [5.41, 5.74) is 2.92. The molecule has 1 fully saturated rings. The summed E-state index contributed by atoms with van der Waals surface area (Å²) in [4.78, 5) is 30.9. The fourth-order valence-electron chi connectivity index (χ4n) is 3.51. The molecule has 23 heavy (non-hydrogen) atoms. The number of carbonyl (C=O) groups excluding carboxylic acids is 2. The van der Waals surface area contributed by atoms with E-state index in [0.717, 1.165) is 45.8 Å². The van der Waals surface area contributed by atoms with Gasteiger partial charge in [0.1, 0.15) is 5.78 Å². The molecule has 1 saturated carbocycles. The van der Waals surface area contributed by atoms with Crippen molar-refractivity contribution < 1.29 is 9.59 Å². The first-order valence-corrected chi connectivity index (χ1v) is 8.89. The number of hydrogen-bond donors (Lipinski definition) is 0. The first-order chi connectivity index (χ1) is 11.1. The maximum absolute atomic E-state index is 12.7. The highest BCUT2D eigenvalue weighted by molar-refractivity contribution is 7.19. The topological polar surface area (TPSA) is 51.4 Å². The molecule has 1 aliphatic carbocycles. The van der Waals surface area contributed by atoms with Crippen molar-refractivity contribution in [1.29, 1.82) is 0 Å². The van der Waals surface area contributed by atoms with Crippen molar-refractivity contribution >= 4 is 38.9 Å². The van der Waals surface area contributed by atoms with Crippen LogP contribution in [0.3, 0.4) is 0 Å². The SMILES string of the molecule is Cc1c(C(=O)CC2CCCCC2=O)sc2nc3ccccc3n12. The molecule has 1 atom stereocenters. The van der Waals surface area contributed by atoms with E-state index in [0.29, 0.717) is 12.8 Å². The smallest absolute Gasteiger partial charge is 0.195 e. The molecule has 0 N–H and O–H groups in total. The molecule has 2 aromatic heterocycles. The van der Waals surface area contributed by atoms with Crippen LogP contribution in [0.25, 0.3) is 16.0 Å². The highest BCUT2D eigenvalue weighted by Gasteiger charge is 2.27. The Morgan fingerprint density at radius 2 is 2.17 bits per heavy atom. The minimum Gasteiger partial charge on any atom is -0.299 e. The van der Waals surface area contributed by atoms with E-state index < -0.39 is 0 Å². The third-order valence-electron chi connectivity index (χ3n) is 4.75. The summed E-state index contributed by atoms with van der Waals surface area (Å²) in [5.74, 6) is 0.262. The maximum Gasteiger partial charge on any atom is 0.195 e. The molecule has 0 bridgehead atoms. The van der Waals surface area contributed by atoms with Crippen molar-refractivity contribution in [3.63, 3.8) is 0 Å². The summed E-state index contributed by atoms with van der Waals surface area (Å²) in [5, 5.41) is 0. The van der Waals surface area contributed by atoms with E-state index >= 15 is 0 Å². The fourth-order valence-corrected chi connectivity index (χ4v) is 4.60. The van der Waals surface area contributed by atoms with Crippen molar-refractivity contribution in [1.82, 2.24) is 9.38 Å². The number of benzene rings is 1. The number of hydrogen-bond acceptors (Lipinski definition) is 4. The molecule has 0 spiro atoms. The number of imidazole rings is 1. The van der Waals surface area contributed by atoms with Crippen LogP contribution in [0.1, 0.15) is 47.5 Å². The summed E-state index contributed by atoms with van der Waals surface area (Å²) in [6.07, 6.45) is 3.87. The number of nitrogens with zero attached hydrogens (tertiary/aromatic N) is 2. The Morgan fingerprint density at radius 3 is 3.00 bits per heavy atom. The van der Waals surface area contributed by atoms with Gasteiger partial charge >= 0.3 is 0 Å². The third kappa shape index (κ3) is 2.39. The van der Waals surface area contributed by atoms with E-state index in [1.54, 1.807) is 0 Å². The van der Waals surface area contributed by atoms with Gasteiger partial charge in [0.25, 0.3) is 0 Å². The predicted molar refractivity (Wildman–Crippen MR) is 91.2 cm³/mol. The molecule has 4 nitrogen and oxygen atoms in total. The molecule has 1 unspecified atom stereocenters. The van der Waals surface area contributed by atoms with E-state index in [1.807, 2.05) is 31.2 Å². The Hall–Kier alpha value is -2.01. The normalized spacial score (nSPS) is 18.8. The average molecular weight is 326 g/mol. The summed E-state index contributed by atoms with van der Waals surface area (Å²) in [7, 11) is 0. The molecular formula is C18H18N2O2S. The zero-order chi connectivity index (χ0) is 16.0. The van der Waals surface area contributed by atoms with E-state index in [4.69, 9.17) is 0 Å². The van der Waals surface area contributed by atoms with Gasteiger partial charge in [0.2, 0.25) is 0 Å². The van der Waals surface area contributed by atoms with Gasteiger partial charge in [-0.25, -0.2) is 4.98 Å². The average Bonchev–Trinajstić information content (AvgIpc) is 3.06. The highest BCUT2D eigenvalue weighted by atomic mass is 32.1. The molecule has 5 heteroatoms. The standard InChI is InChI=1S/C18H18N2O2S/c1-11-17(16(22)10-12-6-2-5-9-15(12)21)23-18-19-13-7-3-4-8-14(13)20(11)18/h3-4,7-8,12H,2,5-6,9-10H2,1H3. The number of para-hydroxylation sites is 2. The van der Waals surface area contributed by atoms with E-state index in [9.17, 15) is 9.59 Å². The van der Waals surface area contributed by atoms with E-state index in [-0.39, 0.29) is 17.5 Å². The number of ketones is 2. The van der Waals surface area contributed by atoms with Gasteiger partial charge in [-0.3, -0.25) is 14.0 Å². The Morgan fingerprint density at radius 1 is 1.35 bits per heavy atom. The summed E-state index contributed by atoms with van der Waals surface area (Å²) < 4.78 is 2.05. The molecule has 0 amide bonds. The lowest BCUT2D eigenvalue weighted by Gasteiger charge is -2.19. The van der Waals surface area contributed by atoms with Crippen LogP contribution in [0, 0.1) is 12.8 Å². The van der Waals surface area contributed by atoms with Crippen LogP contribution in [-0.2, 0) is 4.79 Å². The van der Waals surface area contributed by atoms with Gasteiger partial charge in [0.15, 0.2) is 10.7 Å². The van der Waals surface area contributed by atoms with Gasteiger partial charge in [-0.15, -0.1) is 0 Å². The molecule has 118 valence electrons. The second-order valence-electron chi connectivity index (χ2n) is 6.27. The number of rotatable bonds is 3. The number of fused-ring (bicyclic) bond motifs is 3. The second-order valence-corrected chi connectivity index (χ2v) is 7.25. The van der Waals surface area contributed by atoms with Crippen LogP contribution in [-0.4, -0.2) is 21.0 Å². The van der Waals surface area contributed by atoms with Gasteiger partial charge < -0.3 is 0 Å². The maximum atomic E-state index is 12.7. The lowest BCUT2D eigenvalue weighted by Crippen LogP contribution is -2.22. The number of thiazole rings is 1. The Balaban J connectivity index is 1.69. The molecule has 4 rings (SSSR count). The largest absolute Gasteiger partial charge is 0.299 e. The van der Waals surface area contributed by atoms with Crippen molar-refractivity contribution in [2.45, 2.75) is 39.0 Å². The molecule has 1 aliphatic rings. The number of aryl methyl sites for hydroxylation is 1. The van der Waals surface area contributed by atoms with Gasteiger partial charge in [-0.05, 0) is 31.9 Å². The van der Waals surface area contributed by atoms with Gasteiger partial charge in [0, 0.05) is 24.5 Å². The Kier molecular flexibility index (Phi) is 3.53. The monoisotopic (exact) mass is 326 g/mol. The molecule has 3 aromatic rings. The quantitative estimate of drug-likeness (QED) is 0.678. The summed E-state index contributed by atoms with van der Waals surface area (Å²) >= 11 is 1.44. The van der Waals surface area contributed by atoms with Crippen LogP contribution in [0.2, 0.25) is 0 Å². The number of Topliss-reactive ketones (excluding diaryl/α,β-unsaturated/α-hetero) is 2. The van der Waals surface area contributed by atoms with Gasteiger partial charge in [0.05, 0.1) is 15.9 Å². The highest BCUT2D eigenvalue weighted by Crippen LogP contribution is 2.31. The van der Waals surface area contributed by atoms with Crippen LogP contribution >= 0.6 is 11.3 Å². The first-order valence-electron chi connectivity index (χ1n) is 8.07. The van der Waals surface area contributed by atoms with Crippen LogP contribution in [0.5, 0.6) is 0 Å². The zero-order valence-electron chi connectivity index (χ0n) is 13.0. The van der Waals surface area contributed by atoms with Crippen LogP contribution < -0.4 is 0 Å². The molecule has 0 radical (unpaired) electrons. The summed E-state index contributed by atoms with van der Waals surface area (Å²) in [6, 6.07) is 7.95. The predicted octanol–water partition coefficient (Wildman–Crippen LogP) is 4.19. The lowest BCUT2D eigenvalue weighted by atomic mass is 9.84. The van der Waals surface area contributed by atoms with E-state index in [1.165, 1.54) is 11.3 Å². The molecule has 0 aliphatic heterocycles. The molecular weight excluding hydrogens is 308 g/mol. The molecule has 0 saturated heterocycles. The minimum atomic E-state index is -0.0817. The third-order valence-corrected chi connectivity index (χ3v) is 5.94. The fraction of sp³-hybridized carbons (Fsp3) is 0.389. The minimum absolute atomic E-state index is 0.0817. The summed E-state index contributed by atoms with van der Waals surface area (Å²) in [6.45, 7) is 1.97. The van der Waals surface area contributed by atoms with Crippen molar-refractivity contribution in [3.05, 3.63) is 34.8 Å². The van der Waals surface area contributed by atoms with Crippen molar-refractivity contribution in [3.8, 4) is 0 Å². The lowest BCUT2D eigenvalue weighted by molar-refractivity contribution is -0.124. The van der Waals surface area contributed by atoms with Gasteiger partial charge in [-0.1, -0.05) is 29.9 Å². The van der Waals surface area contributed by atoms with Crippen molar-refractivity contribution in [2.75, 3.05) is 0 Å². The first kappa shape index (κ1) is 14.6. The second kappa shape index (κ2) is 5.57. The van der Waals surface area contributed by atoms with E-state index in [2.05, 4.69) is 9.38 Å². The number of aromatic nitrogens is 2. The molecule has 1 aromatic carbocycles. The zero-order valence-corrected chi connectivity index (χ0v) is 13.9. The van der Waals surface area contributed by atoms with Crippen LogP contribution in [0.15, 0.2) is 24.3 Å². The number of carbonyl (C=O) groups is 2. The molecule has 2 heterocycles. The Bertz CT molecular complexity index is 922.